The molecule has 1 aromatic heterocycles. The highest BCUT2D eigenvalue weighted by Crippen LogP contribution is 2.42. The van der Waals surface area contributed by atoms with Gasteiger partial charge in [0.2, 0.25) is 0 Å². The van der Waals surface area contributed by atoms with Gasteiger partial charge in [0.15, 0.2) is 0 Å². The van der Waals surface area contributed by atoms with Gasteiger partial charge in [0.25, 0.3) is 0 Å². The Kier molecular flexibility index (Phi) is 2.72. The van der Waals surface area contributed by atoms with Crippen molar-refractivity contribution in [3.8, 4) is 0 Å². The maximum atomic E-state index is 9.78. The van der Waals surface area contributed by atoms with Gasteiger partial charge in [-0.25, -0.2) is 0 Å². The molecule has 0 atom stereocenters. The maximum Gasteiger partial charge on any atom is 0.0688 e. The Morgan fingerprint density at radius 3 is 2.43 bits per heavy atom. The molecule has 0 aliphatic rings. The molecule has 0 spiro atoms. The molecule has 4 aromatic carbocycles. The number of hydrogen-bond donors (Lipinski definition) is 1. The second-order valence-corrected chi connectivity index (χ2v) is 6.93. The largest absolute Gasteiger partial charge is 0.392 e. The lowest BCUT2D eigenvalue weighted by Gasteiger charge is -2.06. The van der Waals surface area contributed by atoms with Crippen LogP contribution in [0.15, 0.2) is 66.7 Å². The summed E-state index contributed by atoms with van der Waals surface area (Å²) < 4.78 is 2.61. The van der Waals surface area contributed by atoms with Gasteiger partial charge in [0.1, 0.15) is 0 Å². The van der Waals surface area contributed by atoms with E-state index in [1.54, 1.807) is 0 Å². The smallest absolute Gasteiger partial charge is 0.0688 e. The highest BCUT2D eigenvalue weighted by atomic mass is 32.1. The molecule has 0 saturated carbocycles. The van der Waals surface area contributed by atoms with Crippen LogP contribution in [0.5, 0.6) is 0 Å². The Morgan fingerprint density at radius 2 is 1.52 bits per heavy atom. The van der Waals surface area contributed by atoms with Crippen molar-refractivity contribution in [3.63, 3.8) is 0 Å². The predicted octanol–water partition coefficient (Wildman–Crippen LogP) is 5.85. The van der Waals surface area contributed by atoms with Crippen LogP contribution in [0.4, 0.5) is 0 Å². The van der Waals surface area contributed by atoms with Gasteiger partial charge < -0.3 is 5.11 Å². The summed E-state index contributed by atoms with van der Waals surface area (Å²) >= 11 is 1.84. The molecule has 5 aromatic rings. The van der Waals surface area contributed by atoms with E-state index in [2.05, 4.69) is 54.6 Å². The van der Waals surface area contributed by atoms with E-state index in [0.717, 1.165) is 5.56 Å². The summed E-state index contributed by atoms with van der Waals surface area (Å²) in [4.78, 5) is 0. The summed E-state index contributed by atoms with van der Waals surface area (Å²) in [5.74, 6) is 0. The molecule has 5 rings (SSSR count). The van der Waals surface area contributed by atoms with E-state index in [1.165, 1.54) is 41.7 Å². The van der Waals surface area contributed by atoms with Crippen LogP contribution in [-0.4, -0.2) is 5.11 Å². The molecule has 0 aliphatic carbocycles. The monoisotopic (exact) mass is 314 g/mol. The number of aliphatic hydroxyl groups excluding tert-OH is 1. The minimum atomic E-state index is 0.0708. The van der Waals surface area contributed by atoms with E-state index in [1.807, 2.05) is 23.5 Å². The van der Waals surface area contributed by atoms with Crippen LogP contribution in [0.25, 0.3) is 41.7 Å². The molecule has 1 N–H and O–H groups in total. The Hall–Kier alpha value is -2.42. The first-order chi connectivity index (χ1) is 11.4. The Bertz CT molecular complexity index is 1200. The number of rotatable bonds is 1. The number of fused-ring (bicyclic) bond motifs is 7. The summed E-state index contributed by atoms with van der Waals surface area (Å²) in [6.45, 7) is 0.0708. The number of hydrogen-bond acceptors (Lipinski definition) is 2. The molecule has 0 amide bonds. The van der Waals surface area contributed by atoms with Gasteiger partial charge in [-0.1, -0.05) is 60.7 Å². The summed E-state index contributed by atoms with van der Waals surface area (Å²) in [5.41, 5.74) is 1.00. The Morgan fingerprint density at radius 1 is 0.696 bits per heavy atom. The van der Waals surface area contributed by atoms with Crippen LogP contribution in [0.2, 0.25) is 0 Å². The number of aliphatic hydroxyl groups is 1. The van der Waals surface area contributed by atoms with Gasteiger partial charge in [0.05, 0.1) is 6.61 Å². The topological polar surface area (TPSA) is 20.2 Å². The Balaban J connectivity index is 2.09. The number of benzene rings is 4. The summed E-state index contributed by atoms with van der Waals surface area (Å²) in [7, 11) is 0. The normalized spacial score (nSPS) is 11.9. The zero-order valence-electron chi connectivity index (χ0n) is 12.4. The molecule has 0 fully saturated rings. The quantitative estimate of drug-likeness (QED) is 0.411. The third-order valence-electron chi connectivity index (χ3n) is 4.62. The van der Waals surface area contributed by atoms with Crippen LogP contribution in [-0.2, 0) is 6.61 Å². The van der Waals surface area contributed by atoms with Crippen LogP contribution in [0, 0.1) is 0 Å². The average Bonchev–Trinajstić information content (AvgIpc) is 3.00. The third kappa shape index (κ3) is 1.76. The summed E-state index contributed by atoms with van der Waals surface area (Å²) in [6, 6.07) is 23.5. The van der Waals surface area contributed by atoms with Crippen LogP contribution < -0.4 is 0 Å². The summed E-state index contributed by atoms with van der Waals surface area (Å²) in [5, 5.41) is 17.3. The minimum Gasteiger partial charge on any atom is -0.392 e. The number of thiophene rings is 1. The third-order valence-corrected chi connectivity index (χ3v) is 5.83. The second-order valence-electron chi connectivity index (χ2n) is 5.88. The van der Waals surface area contributed by atoms with Crippen molar-refractivity contribution in [2.75, 3.05) is 0 Å². The molecule has 1 heterocycles. The van der Waals surface area contributed by atoms with E-state index in [0.29, 0.717) is 0 Å². The van der Waals surface area contributed by atoms with E-state index < -0.39 is 0 Å². The van der Waals surface area contributed by atoms with Crippen LogP contribution >= 0.6 is 11.3 Å². The molecular weight excluding hydrogens is 300 g/mol. The fourth-order valence-electron chi connectivity index (χ4n) is 3.58. The van der Waals surface area contributed by atoms with E-state index in [9.17, 15) is 5.11 Å². The molecule has 0 bridgehead atoms. The Labute approximate surface area is 137 Å². The minimum absolute atomic E-state index is 0.0708. The summed E-state index contributed by atoms with van der Waals surface area (Å²) in [6.07, 6.45) is 0. The zero-order valence-corrected chi connectivity index (χ0v) is 13.2. The lowest BCUT2D eigenvalue weighted by Crippen LogP contribution is -1.86. The fourth-order valence-corrected chi connectivity index (χ4v) is 4.83. The molecule has 0 saturated heterocycles. The molecule has 0 aliphatic heterocycles. The van der Waals surface area contributed by atoms with Crippen LogP contribution in [0.3, 0.4) is 0 Å². The first kappa shape index (κ1) is 13.1. The van der Waals surface area contributed by atoms with Gasteiger partial charge in [-0.2, -0.15) is 0 Å². The van der Waals surface area contributed by atoms with E-state index in [4.69, 9.17) is 0 Å². The van der Waals surface area contributed by atoms with Crippen molar-refractivity contribution < 1.29 is 5.11 Å². The van der Waals surface area contributed by atoms with Gasteiger partial charge in [-0.3, -0.25) is 0 Å². The molecule has 2 heteroatoms. The second kappa shape index (κ2) is 4.79. The highest BCUT2D eigenvalue weighted by molar-refractivity contribution is 7.26. The lowest BCUT2D eigenvalue weighted by atomic mass is 9.98. The van der Waals surface area contributed by atoms with E-state index >= 15 is 0 Å². The highest BCUT2D eigenvalue weighted by Gasteiger charge is 2.13. The van der Waals surface area contributed by atoms with Crippen molar-refractivity contribution in [3.05, 3.63) is 72.3 Å². The van der Waals surface area contributed by atoms with Crippen molar-refractivity contribution in [2.24, 2.45) is 0 Å². The molecule has 23 heavy (non-hydrogen) atoms. The average molecular weight is 314 g/mol. The standard InChI is InChI=1S/C21H14OS/c22-12-15-6-3-5-14-9-11-18-20(19(14)15)17-10-8-13-4-1-2-7-16(13)21(17)23-18/h1-11,22H,12H2. The van der Waals surface area contributed by atoms with Gasteiger partial charge >= 0.3 is 0 Å². The van der Waals surface area contributed by atoms with Crippen LogP contribution in [0.1, 0.15) is 5.56 Å². The van der Waals surface area contributed by atoms with Crippen molar-refractivity contribution >= 4 is 53.1 Å². The predicted molar refractivity (Wildman–Crippen MR) is 100 cm³/mol. The maximum absolute atomic E-state index is 9.78. The van der Waals surface area contributed by atoms with Crippen molar-refractivity contribution in [2.45, 2.75) is 6.61 Å². The first-order valence-corrected chi connectivity index (χ1v) is 8.54. The van der Waals surface area contributed by atoms with E-state index in [-0.39, 0.29) is 6.61 Å². The SMILES string of the molecule is OCc1cccc2ccc3sc4c5ccccc5ccc4c3c12. The molecule has 110 valence electrons. The first-order valence-electron chi connectivity index (χ1n) is 7.72. The zero-order chi connectivity index (χ0) is 15.4. The molecule has 0 radical (unpaired) electrons. The van der Waals surface area contributed by atoms with Crippen molar-refractivity contribution in [1.82, 2.24) is 0 Å². The van der Waals surface area contributed by atoms with Gasteiger partial charge in [-0.15, -0.1) is 11.3 Å². The molecule has 0 unspecified atom stereocenters. The molecule has 1 nitrogen and oxygen atoms in total. The lowest BCUT2D eigenvalue weighted by molar-refractivity contribution is 0.283. The fraction of sp³-hybridized carbons (Fsp3) is 0.0476. The van der Waals surface area contributed by atoms with Gasteiger partial charge in [0, 0.05) is 20.2 Å². The van der Waals surface area contributed by atoms with Gasteiger partial charge in [-0.05, 0) is 33.2 Å². The molecular formula is C21H14OS. The van der Waals surface area contributed by atoms with Crippen molar-refractivity contribution in [1.29, 1.82) is 0 Å².